The van der Waals surface area contributed by atoms with Crippen LogP contribution in [0.4, 0.5) is 0 Å². The van der Waals surface area contributed by atoms with Gasteiger partial charge in [0.25, 0.3) is 0 Å². The molecule has 0 aliphatic carbocycles. The third kappa shape index (κ3) is 2.40. The Morgan fingerprint density at radius 2 is 2.25 bits per heavy atom. The summed E-state index contributed by atoms with van der Waals surface area (Å²) in [4.78, 5) is 20.0. The number of hydrogen-bond acceptors (Lipinski definition) is 5. The Morgan fingerprint density at radius 3 is 2.85 bits per heavy atom. The predicted molar refractivity (Wildman–Crippen MR) is 73.3 cm³/mol. The van der Waals surface area contributed by atoms with E-state index >= 15 is 0 Å². The summed E-state index contributed by atoms with van der Waals surface area (Å²) >= 11 is 6.06. The van der Waals surface area contributed by atoms with Gasteiger partial charge in [-0.1, -0.05) is 18.5 Å². The summed E-state index contributed by atoms with van der Waals surface area (Å²) in [5, 5.41) is 10.4. The lowest BCUT2D eigenvalue weighted by atomic mass is 10.2. The second-order valence-electron chi connectivity index (χ2n) is 4.08. The molecular formula is C13H13ClN2O4. The number of nitrogens with zero attached hydrogens (tertiary/aromatic N) is 1. The first-order valence-electron chi connectivity index (χ1n) is 5.87. The van der Waals surface area contributed by atoms with Crippen LogP contribution in [0.25, 0.3) is 10.9 Å². The van der Waals surface area contributed by atoms with Crippen molar-refractivity contribution in [3.8, 4) is 5.75 Å². The highest BCUT2D eigenvalue weighted by Gasteiger charge is 2.41. The molecule has 1 heterocycles. The molecule has 20 heavy (non-hydrogen) atoms. The van der Waals surface area contributed by atoms with Gasteiger partial charge in [0, 0.05) is 18.0 Å². The zero-order chi connectivity index (χ0) is 14.8. The average molecular weight is 297 g/mol. The molecule has 1 unspecified atom stereocenters. The minimum atomic E-state index is -1.96. The monoisotopic (exact) mass is 296 g/mol. The number of pyridine rings is 1. The van der Waals surface area contributed by atoms with E-state index in [1.165, 1.54) is 6.07 Å². The van der Waals surface area contributed by atoms with E-state index < -0.39 is 11.8 Å². The number of carbonyl (C=O) groups is 1. The lowest BCUT2D eigenvalue weighted by Crippen LogP contribution is -2.48. The van der Waals surface area contributed by atoms with Crippen LogP contribution in [0.15, 0.2) is 30.5 Å². The topological polar surface area (TPSA) is 94.7 Å². The molecule has 0 amide bonds. The van der Waals surface area contributed by atoms with E-state index in [1.807, 2.05) is 0 Å². The summed E-state index contributed by atoms with van der Waals surface area (Å²) < 4.78 is 5.46. The van der Waals surface area contributed by atoms with Crippen molar-refractivity contribution in [2.24, 2.45) is 5.90 Å². The van der Waals surface area contributed by atoms with Crippen molar-refractivity contribution >= 4 is 28.5 Å². The van der Waals surface area contributed by atoms with Gasteiger partial charge in [0.05, 0.1) is 5.02 Å². The maximum Gasteiger partial charge on any atom is 0.378 e. The molecule has 3 N–H and O–H groups in total. The van der Waals surface area contributed by atoms with Crippen LogP contribution in [0.5, 0.6) is 5.75 Å². The normalized spacial score (nSPS) is 13.9. The number of aliphatic carboxylic acids is 1. The Morgan fingerprint density at radius 1 is 1.50 bits per heavy atom. The van der Waals surface area contributed by atoms with E-state index in [2.05, 4.69) is 9.82 Å². The summed E-state index contributed by atoms with van der Waals surface area (Å²) in [5.74, 6) is 2.05. The van der Waals surface area contributed by atoms with Crippen LogP contribution in [0, 0.1) is 0 Å². The molecule has 106 valence electrons. The first-order valence-corrected chi connectivity index (χ1v) is 6.25. The number of nitrogens with two attached hydrogens (primary N) is 1. The second-order valence-corrected chi connectivity index (χ2v) is 4.48. The Labute approximate surface area is 120 Å². The van der Waals surface area contributed by atoms with Gasteiger partial charge in [0.15, 0.2) is 0 Å². The van der Waals surface area contributed by atoms with Crippen molar-refractivity contribution < 1.29 is 19.5 Å². The smallest absolute Gasteiger partial charge is 0.378 e. The van der Waals surface area contributed by atoms with Gasteiger partial charge in [-0.25, -0.2) is 15.5 Å². The number of carboxylic acid groups (broad SMARTS) is 1. The number of hydrogen-bond donors (Lipinski definition) is 2. The van der Waals surface area contributed by atoms with Gasteiger partial charge in [-0.05, 0) is 24.3 Å². The number of aromatic nitrogens is 1. The van der Waals surface area contributed by atoms with Gasteiger partial charge in [-0.15, -0.1) is 0 Å². The highest BCUT2D eigenvalue weighted by molar-refractivity contribution is 6.35. The highest BCUT2D eigenvalue weighted by atomic mass is 35.5. The number of carboxylic acids is 1. The molecule has 0 aliphatic heterocycles. The van der Waals surface area contributed by atoms with Crippen LogP contribution < -0.4 is 10.6 Å². The third-order valence-corrected chi connectivity index (χ3v) is 3.27. The molecular weight excluding hydrogens is 284 g/mol. The van der Waals surface area contributed by atoms with Crippen LogP contribution in [0.3, 0.4) is 0 Å². The van der Waals surface area contributed by atoms with Crippen molar-refractivity contribution in [3.63, 3.8) is 0 Å². The maximum absolute atomic E-state index is 11.3. The molecule has 1 atom stereocenters. The first-order chi connectivity index (χ1) is 9.54. The van der Waals surface area contributed by atoms with Gasteiger partial charge < -0.3 is 9.84 Å². The standard InChI is InChI=1S/C13H13ClN2O4/c1-2-13(20-15,12(17)18)19-10-6-5-9(14)8-4-3-7-16-11(8)10/h3-7H,2,15H2,1H3,(H,17,18). The summed E-state index contributed by atoms with van der Waals surface area (Å²) in [6, 6.07) is 6.61. The number of halogens is 1. The lowest BCUT2D eigenvalue weighted by molar-refractivity contribution is -0.214. The van der Waals surface area contributed by atoms with Gasteiger partial charge >= 0.3 is 11.8 Å². The molecule has 7 heteroatoms. The van der Waals surface area contributed by atoms with E-state index in [0.29, 0.717) is 15.9 Å². The van der Waals surface area contributed by atoms with Gasteiger partial charge in [-0.2, -0.15) is 0 Å². The number of rotatable bonds is 5. The SMILES string of the molecule is CCC(ON)(Oc1ccc(Cl)c2cccnc12)C(=O)O. The van der Waals surface area contributed by atoms with Gasteiger partial charge in [0.2, 0.25) is 0 Å². The van der Waals surface area contributed by atoms with Crippen LogP contribution in [0.1, 0.15) is 13.3 Å². The Kier molecular flexibility index (Phi) is 4.08. The summed E-state index contributed by atoms with van der Waals surface area (Å²) in [6.45, 7) is 1.59. The predicted octanol–water partition coefficient (Wildman–Crippen LogP) is 2.35. The van der Waals surface area contributed by atoms with E-state index in [4.69, 9.17) is 22.2 Å². The van der Waals surface area contributed by atoms with E-state index in [1.54, 1.807) is 31.3 Å². The Bertz CT molecular complexity index is 643. The van der Waals surface area contributed by atoms with E-state index in [0.717, 1.165) is 0 Å². The third-order valence-electron chi connectivity index (χ3n) is 2.94. The zero-order valence-electron chi connectivity index (χ0n) is 10.7. The average Bonchev–Trinajstić information content (AvgIpc) is 2.47. The summed E-state index contributed by atoms with van der Waals surface area (Å²) in [7, 11) is 0. The minimum absolute atomic E-state index is 0.0236. The van der Waals surface area contributed by atoms with Crippen molar-refractivity contribution in [3.05, 3.63) is 35.5 Å². The van der Waals surface area contributed by atoms with Crippen molar-refractivity contribution in [2.45, 2.75) is 19.1 Å². The molecule has 0 saturated heterocycles. The number of ether oxygens (including phenoxy) is 1. The molecule has 0 fully saturated rings. The molecule has 1 aromatic carbocycles. The van der Waals surface area contributed by atoms with Crippen LogP contribution >= 0.6 is 11.6 Å². The van der Waals surface area contributed by atoms with Crippen LogP contribution in [-0.2, 0) is 9.63 Å². The van der Waals surface area contributed by atoms with Crippen LogP contribution in [-0.4, -0.2) is 21.8 Å². The molecule has 2 rings (SSSR count). The molecule has 2 aromatic rings. The van der Waals surface area contributed by atoms with Gasteiger partial charge in [-0.3, -0.25) is 4.98 Å². The Balaban J connectivity index is 2.54. The fraction of sp³-hybridized carbons (Fsp3) is 0.231. The van der Waals surface area contributed by atoms with Gasteiger partial charge in [0.1, 0.15) is 11.3 Å². The second kappa shape index (κ2) is 5.62. The first kappa shape index (κ1) is 14.5. The molecule has 6 nitrogen and oxygen atoms in total. The molecule has 0 radical (unpaired) electrons. The van der Waals surface area contributed by atoms with E-state index in [-0.39, 0.29) is 12.2 Å². The highest BCUT2D eigenvalue weighted by Crippen LogP contribution is 2.32. The van der Waals surface area contributed by atoms with Crippen molar-refractivity contribution in [1.82, 2.24) is 4.98 Å². The fourth-order valence-electron chi connectivity index (χ4n) is 1.80. The number of fused-ring (bicyclic) bond motifs is 1. The Hall–Kier alpha value is -1.89. The van der Waals surface area contributed by atoms with Crippen LogP contribution in [0.2, 0.25) is 5.02 Å². The fourth-order valence-corrected chi connectivity index (χ4v) is 2.01. The summed E-state index contributed by atoms with van der Waals surface area (Å²) in [5.41, 5.74) is 0.441. The number of benzene rings is 1. The molecule has 0 aliphatic rings. The molecule has 0 saturated carbocycles. The zero-order valence-corrected chi connectivity index (χ0v) is 11.4. The maximum atomic E-state index is 11.3. The molecule has 0 bridgehead atoms. The molecule has 0 spiro atoms. The van der Waals surface area contributed by atoms with Crippen molar-refractivity contribution in [2.75, 3.05) is 0 Å². The lowest BCUT2D eigenvalue weighted by Gasteiger charge is -2.26. The summed E-state index contributed by atoms with van der Waals surface area (Å²) in [6.07, 6.45) is 1.58. The molecule has 1 aromatic heterocycles. The quantitative estimate of drug-likeness (QED) is 0.649. The minimum Gasteiger partial charge on any atom is -0.476 e. The van der Waals surface area contributed by atoms with E-state index in [9.17, 15) is 9.90 Å². The largest absolute Gasteiger partial charge is 0.476 e. The van der Waals surface area contributed by atoms with Crippen molar-refractivity contribution in [1.29, 1.82) is 0 Å².